The molecule has 1 fully saturated rings. The van der Waals surface area contributed by atoms with Gasteiger partial charge in [0.2, 0.25) is 5.43 Å². The van der Waals surface area contributed by atoms with Crippen molar-refractivity contribution in [1.82, 2.24) is 14.8 Å². The standard InChI is InChI=1S/C30H33F2N3O7/c1-17(14-34(5)28(40)42-29(2,3)4)35-15-20(26(37)38)25(36)19-13-21(31)22(23(32)24(19)35)30(11-12-30)33-27(39)41-16-18-9-7-6-8-10-18/h6-10,13,15,17H,11-12,14,16H2,1-5H3,(H,33,39)(H,37,38)/t17-/m0/s1. The number of benzene rings is 2. The molecule has 2 N–H and O–H groups in total. The predicted octanol–water partition coefficient (Wildman–Crippen LogP) is 5.32. The first kappa shape index (κ1) is 30.5. The second kappa shape index (κ2) is 11.4. The zero-order chi connectivity index (χ0) is 31.0. The molecule has 0 aliphatic heterocycles. The van der Waals surface area contributed by atoms with Gasteiger partial charge in [0.1, 0.15) is 23.6 Å². The van der Waals surface area contributed by atoms with Crippen LogP contribution in [0.2, 0.25) is 0 Å². The summed E-state index contributed by atoms with van der Waals surface area (Å²) < 4.78 is 43.7. The number of hydrogen-bond donors (Lipinski definition) is 2. The SMILES string of the molecule is C[C@@H](CN(C)C(=O)OC(C)(C)C)n1cc(C(=O)O)c(=O)c2cc(F)c(C3(NC(=O)OCc4ccccc4)CC3)c(F)c21. The van der Waals surface area contributed by atoms with Crippen molar-refractivity contribution in [2.24, 2.45) is 0 Å². The molecule has 1 aromatic heterocycles. The van der Waals surface area contributed by atoms with E-state index < -0.39 is 68.9 Å². The maximum Gasteiger partial charge on any atom is 0.410 e. The van der Waals surface area contributed by atoms with Crippen molar-refractivity contribution in [3.63, 3.8) is 0 Å². The monoisotopic (exact) mass is 585 g/mol. The van der Waals surface area contributed by atoms with Gasteiger partial charge in [0.25, 0.3) is 0 Å². The minimum atomic E-state index is -1.57. The third-order valence-corrected chi connectivity index (χ3v) is 6.94. The molecule has 0 unspecified atom stereocenters. The van der Waals surface area contributed by atoms with E-state index in [1.165, 1.54) is 16.5 Å². The van der Waals surface area contributed by atoms with Crippen molar-refractivity contribution in [3.05, 3.63) is 81.1 Å². The minimum absolute atomic E-state index is 0.0500. The van der Waals surface area contributed by atoms with Crippen LogP contribution in [0.25, 0.3) is 10.9 Å². The van der Waals surface area contributed by atoms with Crippen LogP contribution in [0.15, 0.2) is 47.4 Å². The Morgan fingerprint density at radius 2 is 1.81 bits per heavy atom. The molecule has 1 aliphatic rings. The van der Waals surface area contributed by atoms with Crippen molar-refractivity contribution in [2.45, 2.75) is 64.3 Å². The summed E-state index contributed by atoms with van der Waals surface area (Å²) in [6.07, 6.45) is -0.142. The zero-order valence-electron chi connectivity index (χ0n) is 24.0. The number of carbonyl (C=O) groups excluding carboxylic acids is 2. The normalized spacial score (nSPS) is 14.6. The Morgan fingerprint density at radius 1 is 1.17 bits per heavy atom. The van der Waals surface area contributed by atoms with E-state index in [1.54, 1.807) is 52.0 Å². The second-order valence-electron chi connectivity index (χ2n) is 11.5. The Kier molecular flexibility index (Phi) is 8.29. The number of rotatable bonds is 8. The van der Waals surface area contributed by atoms with E-state index in [-0.39, 0.29) is 31.5 Å². The number of alkyl carbamates (subject to hydrolysis) is 1. The van der Waals surface area contributed by atoms with Crippen molar-refractivity contribution in [2.75, 3.05) is 13.6 Å². The summed E-state index contributed by atoms with van der Waals surface area (Å²) in [6.45, 7) is 6.56. The maximum absolute atomic E-state index is 16.4. The molecule has 0 bridgehead atoms. The van der Waals surface area contributed by atoms with Crippen LogP contribution in [0, 0.1) is 11.6 Å². The summed E-state index contributed by atoms with van der Waals surface area (Å²) in [7, 11) is 1.46. The van der Waals surface area contributed by atoms with Crippen molar-refractivity contribution >= 4 is 29.1 Å². The van der Waals surface area contributed by atoms with E-state index in [9.17, 15) is 24.3 Å². The average molecular weight is 586 g/mol. The lowest BCUT2D eigenvalue weighted by molar-refractivity contribution is 0.0279. The van der Waals surface area contributed by atoms with Gasteiger partial charge in [-0.15, -0.1) is 0 Å². The zero-order valence-corrected chi connectivity index (χ0v) is 24.0. The lowest BCUT2D eigenvalue weighted by Crippen LogP contribution is -2.38. The highest BCUT2D eigenvalue weighted by atomic mass is 19.1. The first-order valence-electron chi connectivity index (χ1n) is 13.4. The molecule has 2 amide bonds. The minimum Gasteiger partial charge on any atom is -0.477 e. The third kappa shape index (κ3) is 6.37. The number of halogens is 2. The van der Waals surface area contributed by atoms with Crippen molar-refractivity contribution in [1.29, 1.82) is 0 Å². The molecule has 2 aromatic carbocycles. The fourth-order valence-electron chi connectivity index (χ4n) is 4.80. The van der Waals surface area contributed by atoms with Gasteiger partial charge in [0.05, 0.1) is 22.0 Å². The van der Waals surface area contributed by atoms with Gasteiger partial charge in [-0.05, 0) is 52.2 Å². The lowest BCUT2D eigenvalue weighted by atomic mass is 9.99. The van der Waals surface area contributed by atoms with Crippen LogP contribution in [-0.2, 0) is 21.6 Å². The van der Waals surface area contributed by atoms with Crippen LogP contribution >= 0.6 is 0 Å². The molecule has 0 saturated heterocycles. The smallest absolute Gasteiger partial charge is 0.410 e. The number of aromatic nitrogens is 1. The fraction of sp³-hybridized carbons (Fsp3) is 0.400. The third-order valence-electron chi connectivity index (χ3n) is 6.94. The number of ether oxygens (including phenoxy) is 2. The van der Waals surface area contributed by atoms with Crippen molar-refractivity contribution < 1.29 is 37.7 Å². The molecule has 0 radical (unpaired) electrons. The number of nitrogens with one attached hydrogen (secondary N) is 1. The van der Waals surface area contributed by atoms with Gasteiger partial charge in [0.15, 0.2) is 5.82 Å². The number of amides is 2. The summed E-state index contributed by atoms with van der Waals surface area (Å²) >= 11 is 0. The number of aromatic carboxylic acids is 1. The maximum atomic E-state index is 16.4. The molecule has 12 heteroatoms. The first-order chi connectivity index (χ1) is 19.6. The Morgan fingerprint density at radius 3 is 2.38 bits per heavy atom. The molecule has 10 nitrogen and oxygen atoms in total. The van der Waals surface area contributed by atoms with Crippen molar-refractivity contribution in [3.8, 4) is 0 Å². The van der Waals surface area contributed by atoms with Gasteiger partial charge >= 0.3 is 18.2 Å². The van der Waals surface area contributed by atoms with Gasteiger partial charge in [-0.2, -0.15) is 0 Å². The van der Waals surface area contributed by atoms with Crippen LogP contribution < -0.4 is 10.7 Å². The Hall–Kier alpha value is -4.48. The van der Waals surface area contributed by atoms with Gasteiger partial charge < -0.3 is 29.4 Å². The number of carboxylic acids is 1. The molecule has 42 heavy (non-hydrogen) atoms. The summed E-state index contributed by atoms with van der Waals surface area (Å²) in [5, 5.41) is 11.7. The number of fused-ring (bicyclic) bond motifs is 1. The Labute approximate surface area is 240 Å². The number of carboxylic acid groups (broad SMARTS) is 1. The van der Waals surface area contributed by atoms with Crippen LogP contribution in [-0.4, -0.2) is 51.9 Å². The van der Waals surface area contributed by atoms with Gasteiger partial charge in [-0.25, -0.2) is 23.2 Å². The number of pyridine rings is 1. The van der Waals surface area contributed by atoms with E-state index in [4.69, 9.17) is 9.47 Å². The second-order valence-corrected chi connectivity index (χ2v) is 11.5. The molecule has 1 heterocycles. The Bertz CT molecular complexity index is 1590. The summed E-state index contributed by atoms with van der Waals surface area (Å²) in [5.41, 5.74) is -4.03. The molecule has 3 aromatic rings. The molecule has 0 spiro atoms. The summed E-state index contributed by atoms with van der Waals surface area (Å²) in [6, 6.07) is 8.89. The number of likely N-dealkylation sites (N-methyl/N-ethyl adjacent to an activating group) is 1. The molecule has 4 rings (SSSR count). The molecular weight excluding hydrogens is 552 g/mol. The van der Waals surface area contributed by atoms with Crippen LogP contribution in [0.5, 0.6) is 0 Å². The fourth-order valence-corrected chi connectivity index (χ4v) is 4.80. The van der Waals surface area contributed by atoms with E-state index in [0.29, 0.717) is 0 Å². The highest BCUT2D eigenvalue weighted by molar-refractivity contribution is 5.93. The Balaban J connectivity index is 1.73. The van der Waals surface area contributed by atoms with E-state index in [0.717, 1.165) is 17.8 Å². The average Bonchev–Trinajstić information content (AvgIpc) is 3.66. The number of hydrogen-bond acceptors (Lipinski definition) is 6. The highest BCUT2D eigenvalue weighted by Gasteiger charge is 2.50. The van der Waals surface area contributed by atoms with E-state index >= 15 is 8.78 Å². The number of carbonyl (C=O) groups is 3. The first-order valence-corrected chi connectivity index (χ1v) is 13.4. The highest BCUT2D eigenvalue weighted by Crippen LogP contribution is 2.48. The number of nitrogens with zero attached hydrogens (tertiary/aromatic N) is 2. The quantitative estimate of drug-likeness (QED) is 0.366. The van der Waals surface area contributed by atoms with Gasteiger partial charge in [0, 0.05) is 25.8 Å². The van der Waals surface area contributed by atoms with Crippen LogP contribution in [0.4, 0.5) is 18.4 Å². The molecule has 1 saturated carbocycles. The molecular formula is C30H33F2N3O7. The topological polar surface area (TPSA) is 127 Å². The molecule has 1 atom stereocenters. The van der Waals surface area contributed by atoms with E-state index in [2.05, 4.69) is 5.32 Å². The molecule has 224 valence electrons. The largest absolute Gasteiger partial charge is 0.477 e. The summed E-state index contributed by atoms with van der Waals surface area (Å²) in [5.74, 6) is -3.80. The lowest BCUT2D eigenvalue weighted by Gasteiger charge is -2.28. The summed E-state index contributed by atoms with van der Waals surface area (Å²) in [4.78, 5) is 51.3. The predicted molar refractivity (Wildman–Crippen MR) is 149 cm³/mol. The van der Waals surface area contributed by atoms with Gasteiger partial charge in [-0.3, -0.25) is 4.79 Å². The van der Waals surface area contributed by atoms with Gasteiger partial charge in [-0.1, -0.05) is 30.3 Å². The molecule has 1 aliphatic carbocycles. The van der Waals surface area contributed by atoms with E-state index in [1.807, 2.05) is 6.07 Å². The van der Waals surface area contributed by atoms with Crippen LogP contribution in [0.3, 0.4) is 0 Å². The van der Waals surface area contributed by atoms with Crippen LogP contribution in [0.1, 0.15) is 68.1 Å².